The number of ether oxygens (including phenoxy) is 1. The maximum absolute atomic E-state index is 12.1. The lowest BCUT2D eigenvalue weighted by atomic mass is 10.1. The van der Waals surface area contributed by atoms with Gasteiger partial charge in [-0.25, -0.2) is 0 Å². The van der Waals surface area contributed by atoms with Crippen LogP contribution < -0.4 is 21.1 Å². The van der Waals surface area contributed by atoms with Crippen LogP contribution in [0, 0.1) is 0 Å². The van der Waals surface area contributed by atoms with E-state index in [1.165, 1.54) is 0 Å². The van der Waals surface area contributed by atoms with Crippen molar-refractivity contribution in [3.05, 3.63) is 23.8 Å². The normalized spacial score (nSPS) is 9.90. The number of carbonyl (C=O) groups is 2. The molecule has 4 N–H and O–H groups in total. The van der Waals surface area contributed by atoms with Crippen molar-refractivity contribution < 1.29 is 14.3 Å². The molecule has 6 nitrogen and oxygen atoms in total. The number of benzene rings is 1. The Balaban J connectivity index is 2.65. The van der Waals surface area contributed by atoms with E-state index >= 15 is 0 Å². The van der Waals surface area contributed by atoms with Gasteiger partial charge >= 0.3 is 0 Å². The molecule has 2 amide bonds. The summed E-state index contributed by atoms with van der Waals surface area (Å²) in [6.45, 7) is 4.95. The van der Waals surface area contributed by atoms with Crippen LogP contribution in [0.5, 0.6) is 5.75 Å². The summed E-state index contributed by atoms with van der Waals surface area (Å²) >= 11 is 0. The van der Waals surface area contributed by atoms with Gasteiger partial charge in [0.05, 0.1) is 6.61 Å². The van der Waals surface area contributed by atoms with Gasteiger partial charge in [-0.05, 0) is 26.0 Å². The van der Waals surface area contributed by atoms with Crippen LogP contribution in [0.4, 0.5) is 5.69 Å². The summed E-state index contributed by atoms with van der Waals surface area (Å²) in [5.41, 5.74) is 6.48. The smallest absolute Gasteiger partial charge is 0.257 e. The first kappa shape index (κ1) is 15.8. The highest BCUT2D eigenvalue weighted by molar-refractivity contribution is 6.02. The second-order valence-electron chi connectivity index (χ2n) is 4.11. The minimum absolute atomic E-state index is 0.0983. The standard InChI is InChI=1S/C14H21N3O3/c1-3-16-12(18)8-9-17-14(19)13-10(15)6-5-7-11(13)20-4-2/h5-7H,3-4,8-9,15H2,1-2H3,(H,16,18)(H,17,19). The molecular formula is C14H21N3O3. The third-order valence-electron chi connectivity index (χ3n) is 2.60. The van der Waals surface area contributed by atoms with E-state index in [1.54, 1.807) is 18.2 Å². The van der Waals surface area contributed by atoms with E-state index in [4.69, 9.17) is 10.5 Å². The molecular weight excluding hydrogens is 258 g/mol. The van der Waals surface area contributed by atoms with Crippen LogP contribution in [0.25, 0.3) is 0 Å². The maximum atomic E-state index is 12.1. The van der Waals surface area contributed by atoms with Crippen LogP contribution in [0.1, 0.15) is 30.6 Å². The quantitative estimate of drug-likeness (QED) is 0.647. The number of hydrogen-bond donors (Lipinski definition) is 3. The second-order valence-corrected chi connectivity index (χ2v) is 4.11. The van der Waals surface area contributed by atoms with Gasteiger partial charge in [-0.15, -0.1) is 0 Å². The molecule has 1 aromatic carbocycles. The van der Waals surface area contributed by atoms with Crippen LogP contribution >= 0.6 is 0 Å². The lowest BCUT2D eigenvalue weighted by molar-refractivity contribution is -0.120. The summed E-state index contributed by atoms with van der Waals surface area (Å²) in [6, 6.07) is 5.06. The third-order valence-corrected chi connectivity index (χ3v) is 2.60. The molecule has 1 aromatic rings. The number of anilines is 1. The van der Waals surface area contributed by atoms with Crippen molar-refractivity contribution in [1.29, 1.82) is 0 Å². The zero-order valence-electron chi connectivity index (χ0n) is 11.9. The van der Waals surface area contributed by atoms with Crippen LogP contribution in [-0.2, 0) is 4.79 Å². The monoisotopic (exact) mass is 279 g/mol. The SMILES string of the molecule is CCNC(=O)CCNC(=O)c1c(N)cccc1OCC. The highest BCUT2D eigenvalue weighted by Crippen LogP contribution is 2.24. The molecule has 0 spiro atoms. The number of carbonyl (C=O) groups excluding carboxylic acids is 2. The lowest BCUT2D eigenvalue weighted by Gasteiger charge is -2.12. The van der Waals surface area contributed by atoms with Gasteiger partial charge < -0.3 is 21.1 Å². The molecule has 0 heterocycles. The second kappa shape index (κ2) is 8.04. The van der Waals surface area contributed by atoms with Gasteiger partial charge in [-0.1, -0.05) is 6.07 Å². The van der Waals surface area contributed by atoms with Crippen LogP contribution in [0.3, 0.4) is 0 Å². The van der Waals surface area contributed by atoms with E-state index in [0.29, 0.717) is 30.2 Å². The topological polar surface area (TPSA) is 93.5 Å². The largest absolute Gasteiger partial charge is 0.493 e. The fourth-order valence-electron chi connectivity index (χ4n) is 1.73. The molecule has 0 saturated heterocycles. The average molecular weight is 279 g/mol. The molecule has 0 atom stereocenters. The Morgan fingerprint density at radius 2 is 2.00 bits per heavy atom. The molecule has 0 saturated carbocycles. The van der Waals surface area contributed by atoms with Gasteiger partial charge in [-0.3, -0.25) is 9.59 Å². The minimum Gasteiger partial charge on any atom is -0.493 e. The van der Waals surface area contributed by atoms with E-state index in [-0.39, 0.29) is 24.8 Å². The molecule has 0 radical (unpaired) electrons. The first-order valence-electron chi connectivity index (χ1n) is 6.66. The fourth-order valence-corrected chi connectivity index (χ4v) is 1.73. The van der Waals surface area contributed by atoms with E-state index in [0.717, 1.165) is 0 Å². The molecule has 0 unspecified atom stereocenters. The van der Waals surface area contributed by atoms with Gasteiger partial charge in [0.25, 0.3) is 5.91 Å². The molecule has 6 heteroatoms. The number of rotatable bonds is 7. The average Bonchev–Trinajstić information content (AvgIpc) is 2.39. The van der Waals surface area contributed by atoms with Gasteiger partial charge in [-0.2, -0.15) is 0 Å². The van der Waals surface area contributed by atoms with Gasteiger partial charge in [0.2, 0.25) is 5.91 Å². The van der Waals surface area contributed by atoms with Crippen molar-refractivity contribution in [2.45, 2.75) is 20.3 Å². The first-order chi connectivity index (χ1) is 9.60. The summed E-state index contributed by atoms with van der Waals surface area (Å²) in [5.74, 6) is 0.0118. The first-order valence-corrected chi connectivity index (χ1v) is 6.66. The van der Waals surface area contributed by atoms with Crippen molar-refractivity contribution in [3.63, 3.8) is 0 Å². The zero-order valence-corrected chi connectivity index (χ0v) is 11.9. The van der Waals surface area contributed by atoms with Gasteiger partial charge in [0.15, 0.2) is 0 Å². The predicted molar refractivity (Wildman–Crippen MR) is 77.7 cm³/mol. The molecule has 20 heavy (non-hydrogen) atoms. The van der Waals surface area contributed by atoms with Crippen LogP contribution in [-0.4, -0.2) is 31.5 Å². The zero-order chi connectivity index (χ0) is 15.0. The molecule has 0 aliphatic carbocycles. The van der Waals surface area contributed by atoms with Crippen molar-refractivity contribution in [2.24, 2.45) is 0 Å². The van der Waals surface area contributed by atoms with Gasteiger partial charge in [0, 0.05) is 25.2 Å². The van der Waals surface area contributed by atoms with Crippen LogP contribution in [0.15, 0.2) is 18.2 Å². The van der Waals surface area contributed by atoms with Crippen molar-refractivity contribution in [1.82, 2.24) is 10.6 Å². The molecule has 110 valence electrons. The van der Waals surface area contributed by atoms with E-state index in [1.807, 2.05) is 13.8 Å². The number of hydrogen-bond acceptors (Lipinski definition) is 4. The number of amides is 2. The summed E-state index contributed by atoms with van der Waals surface area (Å²) in [7, 11) is 0. The molecule has 0 aromatic heterocycles. The Hall–Kier alpha value is -2.24. The van der Waals surface area contributed by atoms with E-state index < -0.39 is 0 Å². The molecule has 0 aliphatic rings. The number of nitrogens with one attached hydrogen (secondary N) is 2. The highest BCUT2D eigenvalue weighted by atomic mass is 16.5. The molecule has 0 fully saturated rings. The Kier molecular flexibility index (Phi) is 6.36. The Labute approximate surface area is 118 Å². The van der Waals surface area contributed by atoms with Crippen LogP contribution in [0.2, 0.25) is 0 Å². The predicted octanol–water partition coefficient (Wildman–Crippen LogP) is 0.923. The number of nitrogens with two attached hydrogens (primary N) is 1. The van der Waals surface area contributed by atoms with Crippen molar-refractivity contribution in [3.8, 4) is 5.75 Å². The lowest BCUT2D eigenvalue weighted by Crippen LogP contribution is -2.31. The van der Waals surface area contributed by atoms with Crippen molar-refractivity contribution in [2.75, 3.05) is 25.4 Å². The van der Waals surface area contributed by atoms with Gasteiger partial charge in [0.1, 0.15) is 11.3 Å². The highest BCUT2D eigenvalue weighted by Gasteiger charge is 2.15. The summed E-state index contributed by atoms with van der Waals surface area (Å²) < 4.78 is 5.38. The molecule has 0 aliphatic heterocycles. The van der Waals surface area contributed by atoms with E-state index in [2.05, 4.69) is 10.6 Å². The fraction of sp³-hybridized carbons (Fsp3) is 0.429. The summed E-state index contributed by atoms with van der Waals surface area (Å²) in [6.07, 6.45) is 0.232. The van der Waals surface area contributed by atoms with Crippen molar-refractivity contribution >= 4 is 17.5 Å². The summed E-state index contributed by atoms with van der Waals surface area (Å²) in [4.78, 5) is 23.4. The third kappa shape index (κ3) is 4.46. The van der Waals surface area contributed by atoms with E-state index in [9.17, 15) is 9.59 Å². The molecule has 1 rings (SSSR count). The Morgan fingerprint density at radius 1 is 1.25 bits per heavy atom. The molecule has 0 bridgehead atoms. The maximum Gasteiger partial charge on any atom is 0.257 e. The summed E-state index contributed by atoms with van der Waals surface area (Å²) in [5, 5.41) is 5.33. The Bertz CT molecular complexity index is 475. The minimum atomic E-state index is -0.337. The Morgan fingerprint density at radius 3 is 2.65 bits per heavy atom. The number of nitrogen functional groups attached to an aromatic ring is 1.